The Hall–Kier alpha value is -1.62. The Balaban J connectivity index is 1.87. The van der Waals surface area contributed by atoms with E-state index in [1.165, 1.54) is 19.3 Å². The molecule has 0 saturated carbocycles. The summed E-state index contributed by atoms with van der Waals surface area (Å²) in [6, 6.07) is 14.2. The topological polar surface area (TPSA) is 32.7 Å². The van der Waals surface area contributed by atoms with Gasteiger partial charge in [-0.15, -0.1) is 0 Å². The van der Waals surface area contributed by atoms with Crippen molar-refractivity contribution in [1.29, 1.82) is 0 Å². The van der Waals surface area contributed by atoms with Gasteiger partial charge in [-0.25, -0.2) is 0 Å². The summed E-state index contributed by atoms with van der Waals surface area (Å²) in [6.07, 6.45) is 8.42. The van der Waals surface area contributed by atoms with Gasteiger partial charge in [0.1, 0.15) is 11.4 Å². The van der Waals surface area contributed by atoms with Crippen LogP contribution in [0.25, 0.3) is 6.08 Å². The zero-order chi connectivity index (χ0) is 18.9. The first kappa shape index (κ1) is 18.7. The molecule has 2 aliphatic rings. The molecule has 1 aliphatic heterocycles. The van der Waals surface area contributed by atoms with E-state index in [-0.39, 0.29) is 6.04 Å². The maximum atomic E-state index is 12.1. The normalized spacial score (nSPS) is 23.7. The minimum Gasteiger partial charge on any atom is -0.496 e. The smallest absolute Gasteiger partial charge is 0.123 e. The van der Waals surface area contributed by atoms with Crippen molar-refractivity contribution < 1.29 is 9.84 Å². The number of methoxy groups -OCH3 is 1. The van der Waals surface area contributed by atoms with Crippen LogP contribution >= 0.6 is 15.9 Å². The summed E-state index contributed by atoms with van der Waals surface area (Å²) < 4.78 is 6.73. The monoisotopic (exact) mass is 427 g/mol. The first-order chi connectivity index (χ1) is 13.1. The fourth-order valence-corrected chi connectivity index (χ4v) is 5.00. The lowest BCUT2D eigenvalue weighted by atomic mass is 9.74. The maximum Gasteiger partial charge on any atom is 0.123 e. The molecule has 27 heavy (non-hydrogen) atoms. The lowest BCUT2D eigenvalue weighted by Crippen LogP contribution is -2.47. The van der Waals surface area contributed by atoms with Crippen molar-refractivity contribution in [3.8, 4) is 5.75 Å². The fraction of sp³-hybridized carbons (Fsp3) is 0.391. The second-order valence-corrected chi connectivity index (χ2v) is 8.42. The summed E-state index contributed by atoms with van der Waals surface area (Å²) in [4.78, 5) is 2.45. The van der Waals surface area contributed by atoms with Gasteiger partial charge >= 0.3 is 0 Å². The summed E-state index contributed by atoms with van der Waals surface area (Å²) in [6.45, 7) is 2.00. The number of hydrogen-bond acceptors (Lipinski definition) is 3. The van der Waals surface area contributed by atoms with Crippen LogP contribution in [0.15, 0.2) is 53.0 Å². The van der Waals surface area contributed by atoms with E-state index in [1.807, 2.05) is 24.3 Å². The molecule has 1 N–H and O–H groups in total. The molecule has 0 amide bonds. The molecule has 4 heteroatoms. The van der Waals surface area contributed by atoms with Gasteiger partial charge in [0.15, 0.2) is 0 Å². The minimum atomic E-state index is -0.989. The Kier molecular flexibility index (Phi) is 5.40. The molecule has 2 aromatic rings. The van der Waals surface area contributed by atoms with E-state index >= 15 is 0 Å². The summed E-state index contributed by atoms with van der Waals surface area (Å²) in [7, 11) is 1.71. The molecule has 4 rings (SSSR count). The number of likely N-dealkylation sites (tertiary alicyclic amines) is 1. The molecule has 0 aromatic heterocycles. The van der Waals surface area contributed by atoms with Gasteiger partial charge < -0.3 is 9.84 Å². The van der Waals surface area contributed by atoms with Gasteiger partial charge in [0.25, 0.3) is 0 Å². The molecule has 1 fully saturated rings. The summed E-state index contributed by atoms with van der Waals surface area (Å²) in [5.74, 6) is 0.842. The highest BCUT2D eigenvalue weighted by Crippen LogP contribution is 2.49. The third-order valence-electron chi connectivity index (χ3n) is 5.85. The van der Waals surface area contributed by atoms with Gasteiger partial charge in [-0.3, -0.25) is 4.90 Å². The van der Waals surface area contributed by atoms with Crippen LogP contribution in [0, 0.1) is 0 Å². The minimum absolute atomic E-state index is 0.140. The van der Waals surface area contributed by atoms with Crippen molar-refractivity contribution in [2.24, 2.45) is 0 Å². The lowest BCUT2D eigenvalue weighted by Gasteiger charge is -2.46. The van der Waals surface area contributed by atoms with Crippen molar-refractivity contribution in [1.82, 2.24) is 4.90 Å². The molecule has 142 valence electrons. The van der Waals surface area contributed by atoms with Crippen LogP contribution in [0.3, 0.4) is 0 Å². The second-order valence-electron chi connectivity index (χ2n) is 7.50. The van der Waals surface area contributed by atoms with Gasteiger partial charge in [-0.2, -0.15) is 0 Å². The number of piperidine rings is 1. The highest BCUT2D eigenvalue weighted by Gasteiger charge is 2.45. The highest BCUT2D eigenvalue weighted by atomic mass is 79.9. The van der Waals surface area contributed by atoms with Crippen LogP contribution in [0.5, 0.6) is 5.75 Å². The van der Waals surface area contributed by atoms with Gasteiger partial charge in [0.2, 0.25) is 0 Å². The fourth-order valence-electron chi connectivity index (χ4n) is 4.63. The highest BCUT2D eigenvalue weighted by molar-refractivity contribution is 9.10. The van der Waals surface area contributed by atoms with E-state index in [4.69, 9.17) is 4.74 Å². The molecule has 1 heterocycles. The quantitative estimate of drug-likeness (QED) is 0.719. The number of aliphatic hydroxyl groups is 1. The lowest BCUT2D eigenvalue weighted by molar-refractivity contribution is -0.0608. The first-order valence-corrected chi connectivity index (χ1v) is 10.5. The molecule has 2 unspecified atom stereocenters. The molecule has 0 spiro atoms. The van der Waals surface area contributed by atoms with Crippen LogP contribution in [-0.2, 0) is 5.60 Å². The Morgan fingerprint density at radius 2 is 1.89 bits per heavy atom. The Bertz CT molecular complexity index is 844. The van der Waals surface area contributed by atoms with E-state index in [1.54, 1.807) is 7.11 Å². The van der Waals surface area contributed by atoms with E-state index in [9.17, 15) is 5.11 Å². The van der Waals surface area contributed by atoms with E-state index in [0.29, 0.717) is 6.42 Å². The zero-order valence-electron chi connectivity index (χ0n) is 15.7. The third-order valence-corrected chi connectivity index (χ3v) is 6.34. The predicted octanol–water partition coefficient (Wildman–Crippen LogP) is 5.29. The van der Waals surface area contributed by atoms with Crippen molar-refractivity contribution in [2.75, 3.05) is 20.2 Å². The number of nitrogens with zero attached hydrogens (tertiary/aromatic N) is 1. The molecule has 0 bridgehead atoms. The Labute approximate surface area is 169 Å². The van der Waals surface area contributed by atoms with Crippen molar-refractivity contribution in [3.05, 3.63) is 69.7 Å². The number of rotatable bonds is 4. The van der Waals surface area contributed by atoms with E-state index < -0.39 is 5.60 Å². The number of hydrogen-bond donors (Lipinski definition) is 1. The average Bonchev–Trinajstić information content (AvgIpc) is 2.69. The zero-order valence-corrected chi connectivity index (χ0v) is 17.3. The Morgan fingerprint density at radius 1 is 1.11 bits per heavy atom. The molecule has 1 saturated heterocycles. The number of benzene rings is 2. The Morgan fingerprint density at radius 3 is 2.67 bits per heavy atom. The maximum absolute atomic E-state index is 12.1. The second kappa shape index (κ2) is 7.78. The van der Waals surface area contributed by atoms with Crippen LogP contribution < -0.4 is 4.74 Å². The number of para-hydroxylation sites is 1. The standard InChI is InChI=1S/C23H26BrNO2/c1-27-21-10-4-3-9-19(21)22(25-14-5-2-6-15-25)23(26)13-7-8-17-16-18(24)11-12-20(17)23/h3-4,7-12,16,22,26H,2,5-6,13-15H2,1H3. The molecule has 2 atom stereocenters. The first-order valence-electron chi connectivity index (χ1n) is 9.69. The SMILES string of the molecule is COc1ccccc1C(N1CCCCC1)C1(O)CC=Cc2cc(Br)ccc21. The summed E-state index contributed by atoms with van der Waals surface area (Å²) in [5.41, 5.74) is 2.15. The molecule has 2 aromatic carbocycles. The average molecular weight is 428 g/mol. The largest absolute Gasteiger partial charge is 0.496 e. The van der Waals surface area contributed by atoms with Crippen LogP contribution in [0.4, 0.5) is 0 Å². The number of fused-ring (bicyclic) bond motifs is 1. The van der Waals surface area contributed by atoms with Crippen molar-refractivity contribution >= 4 is 22.0 Å². The molecular weight excluding hydrogens is 402 g/mol. The van der Waals surface area contributed by atoms with Gasteiger partial charge in [-0.1, -0.05) is 58.8 Å². The summed E-state index contributed by atoms with van der Waals surface area (Å²) >= 11 is 3.56. The van der Waals surface area contributed by atoms with E-state index in [2.05, 4.69) is 51.2 Å². The summed E-state index contributed by atoms with van der Waals surface area (Å²) in [5, 5.41) is 12.1. The number of halogens is 1. The molecule has 0 radical (unpaired) electrons. The number of ether oxygens (including phenoxy) is 1. The van der Waals surface area contributed by atoms with Crippen LogP contribution in [-0.4, -0.2) is 30.2 Å². The van der Waals surface area contributed by atoms with Crippen LogP contribution in [0.2, 0.25) is 0 Å². The van der Waals surface area contributed by atoms with Crippen molar-refractivity contribution in [2.45, 2.75) is 37.3 Å². The molecular formula is C23H26BrNO2. The predicted molar refractivity (Wildman–Crippen MR) is 113 cm³/mol. The van der Waals surface area contributed by atoms with Crippen LogP contribution in [0.1, 0.15) is 48.4 Å². The van der Waals surface area contributed by atoms with Gasteiger partial charge in [-0.05, 0) is 55.3 Å². The van der Waals surface area contributed by atoms with Crippen molar-refractivity contribution in [3.63, 3.8) is 0 Å². The van der Waals surface area contributed by atoms with Gasteiger partial charge in [0.05, 0.1) is 13.2 Å². The van der Waals surface area contributed by atoms with E-state index in [0.717, 1.165) is 40.0 Å². The molecule has 3 nitrogen and oxygen atoms in total. The van der Waals surface area contributed by atoms with Gasteiger partial charge in [0, 0.05) is 16.5 Å². The molecule has 1 aliphatic carbocycles. The third kappa shape index (κ3) is 3.46.